The summed E-state index contributed by atoms with van der Waals surface area (Å²) in [6, 6.07) is 39.2. The lowest BCUT2D eigenvalue weighted by Crippen LogP contribution is -2.19. The van der Waals surface area contributed by atoms with Crippen LogP contribution in [0, 0.1) is 6.92 Å². The Kier molecular flexibility index (Phi) is 8.12. The summed E-state index contributed by atoms with van der Waals surface area (Å²) < 4.78 is 0. The van der Waals surface area contributed by atoms with Gasteiger partial charge in [-0.05, 0) is 65.2 Å². The minimum Gasteiger partial charge on any atom is -0.322 e. The zero-order chi connectivity index (χ0) is 28.9. The van der Waals surface area contributed by atoms with Crippen LogP contribution >= 0.6 is 23.1 Å². The summed E-state index contributed by atoms with van der Waals surface area (Å²) in [7, 11) is 0. The molecule has 0 fully saturated rings. The highest BCUT2D eigenvalue weighted by molar-refractivity contribution is 8.00. The molecular formula is C35H27N3O2S2. The predicted octanol–water partition coefficient (Wildman–Crippen LogP) is 9.00. The van der Waals surface area contributed by atoms with Crippen molar-refractivity contribution >= 4 is 56.5 Å². The average Bonchev–Trinajstić information content (AvgIpc) is 3.49. The zero-order valence-electron chi connectivity index (χ0n) is 22.8. The van der Waals surface area contributed by atoms with Crippen LogP contribution in [0.1, 0.15) is 26.7 Å². The Morgan fingerprint density at radius 2 is 1.48 bits per heavy atom. The molecule has 206 valence electrons. The van der Waals surface area contributed by atoms with E-state index in [1.165, 1.54) is 28.5 Å². The van der Waals surface area contributed by atoms with Gasteiger partial charge in [0.15, 0.2) is 5.13 Å². The van der Waals surface area contributed by atoms with Gasteiger partial charge in [0, 0.05) is 27.1 Å². The minimum absolute atomic E-state index is 0.150. The fraction of sp³-hybridized carbons (Fsp3) is 0.0571. The molecular weight excluding hydrogens is 559 g/mol. The summed E-state index contributed by atoms with van der Waals surface area (Å²) in [6.07, 6.45) is 0. The number of anilines is 2. The van der Waals surface area contributed by atoms with E-state index >= 15 is 0 Å². The van der Waals surface area contributed by atoms with Crippen molar-refractivity contribution in [1.29, 1.82) is 0 Å². The van der Waals surface area contributed by atoms with Gasteiger partial charge in [-0.15, -0.1) is 23.1 Å². The van der Waals surface area contributed by atoms with Gasteiger partial charge in [0.05, 0.1) is 5.69 Å². The van der Waals surface area contributed by atoms with Crippen LogP contribution in [0.5, 0.6) is 0 Å². The van der Waals surface area contributed by atoms with Crippen LogP contribution < -0.4 is 10.6 Å². The molecule has 0 aliphatic rings. The molecule has 7 heteroatoms. The molecule has 0 bridgehead atoms. The van der Waals surface area contributed by atoms with Crippen molar-refractivity contribution in [2.24, 2.45) is 0 Å². The molecule has 5 aromatic carbocycles. The Balaban J connectivity index is 1.17. The largest absolute Gasteiger partial charge is 0.322 e. The molecule has 1 aromatic heterocycles. The number of carbonyl (C=O) groups is 2. The summed E-state index contributed by atoms with van der Waals surface area (Å²) in [4.78, 5) is 32.0. The van der Waals surface area contributed by atoms with Gasteiger partial charge in [-0.3, -0.25) is 9.59 Å². The van der Waals surface area contributed by atoms with E-state index < -0.39 is 5.25 Å². The van der Waals surface area contributed by atoms with Crippen molar-refractivity contribution in [1.82, 2.24) is 4.98 Å². The average molecular weight is 586 g/mol. The normalized spacial score (nSPS) is 11.6. The van der Waals surface area contributed by atoms with Gasteiger partial charge in [-0.2, -0.15) is 0 Å². The summed E-state index contributed by atoms with van der Waals surface area (Å²) >= 11 is 2.86. The van der Waals surface area contributed by atoms with E-state index in [2.05, 4.69) is 41.0 Å². The molecule has 2 N–H and O–H groups in total. The van der Waals surface area contributed by atoms with Crippen molar-refractivity contribution in [2.45, 2.75) is 17.1 Å². The standard InChI is InChI=1S/C35H27N3O2S2/c1-23-9-5-8-14-30(23)33(39)36-28-17-19-29(20-18-28)42-32(25-11-3-2-4-12-25)34(40)38-35-37-31(22-41-35)27-16-15-24-10-6-7-13-26(24)21-27/h2-22,32H,1H3,(H,36,39)(H,37,38,40). The number of hydrogen-bond acceptors (Lipinski definition) is 5. The van der Waals surface area contributed by atoms with E-state index in [0.717, 1.165) is 32.7 Å². The summed E-state index contributed by atoms with van der Waals surface area (Å²) in [5.41, 5.74) is 4.98. The number of benzene rings is 5. The molecule has 0 saturated heterocycles. The number of thiazole rings is 1. The van der Waals surface area contributed by atoms with Crippen LogP contribution in [0.25, 0.3) is 22.0 Å². The minimum atomic E-state index is -0.494. The molecule has 0 saturated carbocycles. The number of rotatable bonds is 8. The van der Waals surface area contributed by atoms with Crippen molar-refractivity contribution in [2.75, 3.05) is 10.6 Å². The SMILES string of the molecule is Cc1ccccc1C(=O)Nc1ccc(SC(C(=O)Nc2nc(-c3ccc4ccccc4c3)cs2)c2ccccc2)cc1. The first-order valence-electron chi connectivity index (χ1n) is 13.5. The van der Waals surface area contributed by atoms with E-state index in [-0.39, 0.29) is 11.8 Å². The van der Waals surface area contributed by atoms with Crippen LogP contribution in [-0.4, -0.2) is 16.8 Å². The molecule has 1 unspecified atom stereocenters. The molecule has 1 heterocycles. The van der Waals surface area contributed by atoms with Gasteiger partial charge < -0.3 is 10.6 Å². The number of aromatic nitrogens is 1. The number of fused-ring (bicyclic) bond motifs is 1. The van der Waals surface area contributed by atoms with Crippen LogP contribution in [0.3, 0.4) is 0 Å². The first-order chi connectivity index (χ1) is 20.5. The lowest BCUT2D eigenvalue weighted by atomic mass is 10.1. The fourth-order valence-electron chi connectivity index (χ4n) is 4.66. The number of amides is 2. The van der Waals surface area contributed by atoms with Crippen molar-refractivity contribution in [3.63, 3.8) is 0 Å². The lowest BCUT2D eigenvalue weighted by Gasteiger charge is -2.16. The van der Waals surface area contributed by atoms with Gasteiger partial charge in [-0.25, -0.2) is 4.98 Å². The molecule has 0 radical (unpaired) electrons. The Morgan fingerprint density at radius 1 is 0.762 bits per heavy atom. The van der Waals surface area contributed by atoms with Crippen molar-refractivity contribution in [3.8, 4) is 11.3 Å². The quantitative estimate of drug-likeness (QED) is 0.175. The van der Waals surface area contributed by atoms with Gasteiger partial charge in [0.1, 0.15) is 5.25 Å². The highest BCUT2D eigenvalue weighted by Gasteiger charge is 2.23. The number of nitrogens with one attached hydrogen (secondary N) is 2. The number of aryl methyl sites for hydroxylation is 1. The second-order valence-corrected chi connectivity index (χ2v) is 11.8. The number of hydrogen-bond donors (Lipinski definition) is 2. The highest BCUT2D eigenvalue weighted by atomic mass is 32.2. The second-order valence-electron chi connectivity index (χ2n) is 9.79. The third-order valence-electron chi connectivity index (χ3n) is 6.88. The molecule has 0 spiro atoms. The second kappa shape index (κ2) is 12.4. The Bertz CT molecular complexity index is 1870. The smallest absolute Gasteiger partial charge is 0.255 e. The molecule has 6 rings (SSSR count). The third kappa shape index (κ3) is 6.28. The van der Waals surface area contributed by atoms with Gasteiger partial charge >= 0.3 is 0 Å². The maximum Gasteiger partial charge on any atom is 0.255 e. The maximum absolute atomic E-state index is 13.6. The number of thioether (sulfide) groups is 1. The summed E-state index contributed by atoms with van der Waals surface area (Å²) in [6.45, 7) is 1.92. The van der Waals surface area contributed by atoms with E-state index in [4.69, 9.17) is 4.98 Å². The predicted molar refractivity (Wildman–Crippen MR) is 174 cm³/mol. The number of nitrogens with zero attached hydrogens (tertiary/aromatic N) is 1. The first kappa shape index (κ1) is 27.4. The highest BCUT2D eigenvalue weighted by Crippen LogP contribution is 2.37. The fourth-order valence-corrected chi connectivity index (χ4v) is 6.41. The molecule has 0 aliphatic carbocycles. The van der Waals surface area contributed by atoms with E-state index in [0.29, 0.717) is 16.4 Å². The molecule has 1 atom stereocenters. The molecule has 2 amide bonds. The Morgan fingerprint density at radius 3 is 2.26 bits per heavy atom. The van der Waals surface area contributed by atoms with Crippen molar-refractivity contribution < 1.29 is 9.59 Å². The van der Waals surface area contributed by atoms with Crippen LogP contribution in [0.15, 0.2) is 132 Å². The van der Waals surface area contributed by atoms with E-state index in [9.17, 15) is 9.59 Å². The molecule has 42 heavy (non-hydrogen) atoms. The lowest BCUT2D eigenvalue weighted by molar-refractivity contribution is -0.115. The topological polar surface area (TPSA) is 71.1 Å². The van der Waals surface area contributed by atoms with E-state index in [1.54, 1.807) is 0 Å². The molecule has 5 nitrogen and oxygen atoms in total. The van der Waals surface area contributed by atoms with Crippen LogP contribution in [0.2, 0.25) is 0 Å². The Hall–Kier alpha value is -4.72. The van der Waals surface area contributed by atoms with Crippen LogP contribution in [-0.2, 0) is 4.79 Å². The Labute approximate surface area is 252 Å². The third-order valence-corrected chi connectivity index (χ3v) is 8.90. The van der Waals surface area contributed by atoms with Gasteiger partial charge in [0.25, 0.3) is 5.91 Å². The van der Waals surface area contributed by atoms with E-state index in [1.807, 2.05) is 103 Å². The van der Waals surface area contributed by atoms with Crippen molar-refractivity contribution in [3.05, 3.63) is 143 Å². The molecule has 0 aliphatic heterocycles. The summed E-state index contributed by atoms with van der Waals surface area (Å²) in [5.74, 6) is -0.302. The monoisotopic (exact) mass is 585 g/mol. The van der Waals surface area contributed by atoms with Crippen LogP contribution in [0.4, 0.5) is 10.8 Å². The van der Waals surface area contributed by atoms with Gasteiger partial charge in [0.2, 0.25) is 5.91 Å². The maximum atomic E-state index is 13.6. The zero-order valence-corrected chi connectivity index (χ0v) is 24.4. The number of carbonyl (C=O) groups excluding carboxylic acids is 2. The molecule has 6 aromatic rings. The first-order valence-corrected chi connectivity index (χ1v) is 15.2. The summed E-state index contributed by atoms with van der Waals surface area (Å²) in [5, 5.41) is 10.3. The van der Waals surface area contributed by atoms with Gasteiger partial charge in [-0.1, -0.05) is 84.9 Å².